The van der Waals surface area contributed by atoms with Crippen LogP contribution in [0.1, 0.15) is 22.8 Å². The monoisotopic (exact) mass is 480 g/mol. The lowest BCUT2D eigenvalue weighted by atomic mass is 10.2. The molecule has 0 unspecified atom stereocenters. The van der Waals surface area contributed by atoms with E-state index in [1.165, 1.54) is 0 Å². The van der Waals surface area contributed by atoms with Crippen molar-refractivity contribution in [1.82, 2.24) is 5.32 Å². The molecule has 0 fully saturated rings. The van der Waals surface area contributed by atoms with Crippen LogP contribution >= 0.6 is 39.7 Å². The van der Waals surface area contributed by atoms with Gasteiger partial charge in [-0.05, 0) is 55.5 Å². The number of halogens is 5. The van der Waals surface area contributed by atoms with E-state index in [2.05, 4.69) is 26.6 Å². The SMILES string of the molecule is CCOc1ccc(Br)cc1C(=O)NC(=S)Nc1cc(C(F)(F)F)ccc1Cl. The van der Waals surface area contributed by atoms with Gasteiger partial charge in [0.25, 0.3) is 5.91 Å². The minimum absolute atomic E-state index is 0.0251. The van der Waals surface area contributed by atoms with Gasteiger partial charge in [-0.2, -0.15) is 13.2 Å². The smallest absolute Gasteiger partial charge is 0.416 e. The maximum absolute atomic E-state index is 12.8. The number of benzene rings is 2. The van der Waals surface area contributed by atoms with Crippen LogP contribution in [0.3, 0.4) is 0 Å². The molecule has 2 aromatic rings. The summed E-state index contributed by atoms with van der Waals surface area (Å²) in [6.07, 6.45) is -4.53. The van der Waals surface area contributed by atoms with E-state index in [1.807, 2.05) is 0 Å². The average Bonchev–Trinajstić information content (AvgIpc) is 2.57. The lowest BCUT2D eigenvalue weighted by Crippen LogP contribution is -2.34. The second-order valence-corrected chi connectivity index (χ2v) is 6.91. The molecule has 0 atom stereocenters. The molecule has 27 heavy (non-hydrogen) atoms. The van der Waals surface area contributed by atoms with Gasteiger partial charge in [0.15, 0.2) is 5.11 Å². The number of ether oxygens (including phenoxy) is 1. The van der Waals surface area contributed by atoms with Crippen molar-refractivity contribution >= 4 is 56.5 Å². The van der Waals surface area contributed by atoms with Crippen molar-refractivity contribution in [3.63, 3.8) is 0 Å². The van der Waals surface area contributed by atoms with Crippen LogP contribution in [-0.2, 0) is 6.18 Å². The number of hydrogen-bond acceptors (Lipinski definition) is 3. The van der Waals surface area contributed by atoms with Crippen molar-refractivity contribution in [3.05, 3.63) is 57.0 Å². The summed E-state index contributed by atoms with van der Waals surface area (Å²) in [5.74, 6) is -0.238. The Labute approximate surface area is 172 Å². The topological polar surface area (TPSA) is 50.4 Å². The van der Waals surface area contributed by atoms with E-state index in [-0.39, 0.29) is 21.4 Å². The Hall–Kier alpha value is -1.84. The van der Waals surface area contributed by atoms with Crippen LogP contribution < -0.4 is 15.4 Å². The van der Waals surface area contributed by atoms with E-state index < -0.39 is 17.6 Å². The van der Waals surface area contributed by atoms with E-state index in [1.54, 1.807) is 25.1 Å². The number of thiocarbonyl (C=S) groups is 1. The highest BCUT2D eigenvalue weighted by atomic mass is 79.9. The van der Waals surface area contributed by atoms with Gasteiger partial charge in [0.2, 0.25) is 0 Å². The van der Waals surface area contributed by atoms with Gasteiger partial charge >= 0.3 is 6.18 Å². The lowest BCUT2D eigenvalue weighted by molar-refractivity contribution is -0.137. The largest absolute Gasteiger partial charge is 0.493 e. The number of carbonyl (C=O) groups excluding carboxylic acids is 1. The molecule has 0 bridgehead atoms. The molecule has 2 N–H and O–H groups in total. The summed E-state index contributed by atoms with van der Waals surface area (Å²) in [5, 5.41) is 4.72. The molecule has 0 aliphatic carbocycles. The number of nitrogens with one attached hydrogen (secondary N) is 2. The molecule has 0 radical (unpaired) electrons. The van der Waals surface area contributed by atoms with Crippen molar-refractivity contribution in [2.24, 2.45) is 0 Å². The Morgan fingerprint density at radius 2 is 1.96 bits per heavy atom. The van der Waals surface area contributed by atoms with E-state index in [0.29, 0.717) is 16.8 Å². The third-order valence-electron chi connectivity index (χ3n) is 3.26. The summed E-state index contributed by atoms with van der Waals surface area (Å²) in [4.78, 5) is 12.5. The first kappa shape index (κ1) is 21.5. The van der Waals surface area contributed by atoms with Crippen LogP contribution in [0.25, 0.3) is 0 Å². The fourth-order valence-corrected chi connectivity index (χ4v) is 2.81. The summed E-state index contributed by atoms with van der Waals surface area (Å²) in [7, 11) is 0. The maximum Gasteiger partial charge on any atom is 0.416 e. The van der Waals surface area contributed by atoms with Crippen molar-refractivity contribution < 1.29 is 22.7 Å². The Kier molecular flexibility index (Phi) is 7.07. The summed E-state index contributed by atoms with van der Waals surface area (Å²) in [5.41, 5.74) is -0.754. The zero-order valence-electron chi connectivity index (χ0n) is 13.8. The zero-order valence-corrected chi connectivity index (χ0v) is 16.9. The third kappa shape index (κ3) is 5.82. The fourth-order valence-electron chi connectivity index (χ4n) is 2.08. The minimum Gasteiger partial charge on any atom is -0.493 e. The van der Waals surface area contributed by atoms with Crippen LogP contribution in [-0.4, -0.2) is 17.6 Å². The van der Waals surface area contributed by atoms with Crippen LogP contribution in [0.15, 0.2) is 40.9 Å². The second-order valence-electron chi connectivity index (χ2n) is 5.17. The molecule has 0 aromatic heterocycles. The van der Waals surface area contributed by atoms with Crippen molar-refractivity contribution in [2.45, 2.75) is 13.1 Å². The Bertz CT molecular complexity index is 878. The van der Waals surface area contributed by atoms with Gasteiger partial charge in [-0.3, -0.25) is 10.1 Å². The van der Waals surface area contributed by atoms with Crippen LogP contribution in [0.4, 0.5) is 18.9 Å². The molecule has 0 aliphatic rings. The molecular weight excluding hydrogens is 469 g/mol. The van der Waals surface area contributed by atoms with Gasteiger partial charge < -0.3 is 10.1 Å². The lowest BCUT2D eigenvalue weighted by Gasteiger charge is -2.15. The molecule has 2 rings (SSSR count). The first-order valence-corrected chi connectivity index (χ1v) is 9.11. The fraction of sp³-hybridized carbons (Fsp3) is 0.176. The van der Waals surface area contributed by atoms with Gasteiger partial charge in [0, 0.05) is 4.47 Å². The van der Waals surface area contributed by atoms with Gasteiger partial charge in [-0.1, -0.05) is 27.5 Å². The Morgan fingerprint density at radius 1 is 1.26 bits per heavy atom. The number of alkyl halides is 3. The number of hydrogen-bond donors (Lipinski definition) is 2. The molecule has 0 saturated heterocycles. The summed E-state index contributed by atoms with van der Waals surface area (Å²) in [6.45, 7) is 2.12. The van der Waals surface area contributed by atoms with Crippen LogP contribution in [0.2, 0.25) is 5.02 Å². The van der Waals surface area contributed by atoms with E-state index in [4.69, 9.17) is 28.6 Å². The maximum atomic E-state index is 12.8. The normalized spacial score (nSPS) is 11.0. The third-order valence-corrected chi connectivity index (χ3v) is 4.28. The standard InChI is InChI=1S/C17H13BrClF3N2O2S/c1-2-26-14-6-4-10(18)8-11(14)15(25)24-16(27)23-13-7-9(17(20,21)22)3-5-12(13)19/h3-8H,2H2,1H3,(H2,23,24,25,27). The molecule has 4 nitrogen and oxygen atoms in total. The number of rotatable bonds is 4. The van der Waals surface area contributed by atoms with Crippen molar-refractivity contribution in [1.29, 1.82) is 0 Å². The molecule has 1 amide bonds. The van der Waals surface area contributed by atoms with Crippen molar-refractivity contribution in [3.8, 4) is 5.75 Å². The molecule has 0 heterocycles. The highest BCUT2D eigenvalue weighted by molar-refractivity contribution is 9.10. The first-order chi connectivity index (χ1) is 12.6. The van der Waals surface area contributed by atoms with E-state index in [0.717, 1.165) is 18.2 Å². The number of carbonyl (C=O) groups is 1. The molecule has 10 heteroatoms. The molecule has 144 valence electrons. The van der Waals surface area contributed by atoms with Gasteiger partial charge in [-0.25, -0.2) is 0 Å². The highest BCUT2D eigenvalue weighted by Gasteiger charge is 2.31. The van der Waals surface area contributed by atoms with E-state index in [9.17, 15) is 18.0 Å². The Balaban J connectivity index is 2.17. The zero-order chi connectivity index (χ0) is 20.2. The van der Waals surface area contributed by atoms with Gasteiger partial charge in [0.1, 0.15) is 5.75 Å². The highest BCUT2D eigenvalue weighted by Crippen LogP contribution is 2.33. The predicted octanol–water partition coefficient (Wildman–Crippen LogP) is 5.65. The van der Waals surface area contributed by atoms with Gasteiger partial charge in [-0.15, -0.1) is 0 Å². The predicted molar refractivity (Wildman–Crippen MR) is 105 cm³/mol. The minimum atomic E-state index is -4.53. The van der Waals surface area contributed by atoms with Crippen LogP contribution in [0.5, 0.6) is 5.75 Å². The first-order valence-electron chi connectivity index (χ1n) is 7.53. The van der Waals surface area contributed by atoms with Gasteiger partial charge in [0.05, 0.1) is 28.4 Å². The molecule has 0 spiro atoms. The van der Waals surface area contributed by atoms with E-state index >= 15 is 0 Å². The quantitative estimate of drug-likeness (QED) is 0.555. The Morgan fingerprint density at radius 3 is 2.59 bits per heavy atom. The summed E-state index contributed by atoms with van der Waals surface area (Å²) < 4.78 is 44.5. The summed E-state index contributed by atoms with van der Waals surface area (Å²) >= 11 is 14.2. The molecular formula is C17H13BrClF3N2O2S. The number of anilines is 1. The van der Waals surface area contributed by atoms with Crippen LogP contribution in [0, 0.1) is 0 Å². The molecule has 0 aliphatic heterocycles. The molecule has 0 saturated carbocycles. The number of amides is 1. The summed E-state index contributed by atoms with van der Waals surface area (Å²) in [6, 6.07) is 7.62. The molecule has 2 aromatic carbocycles. The van der Waals surface area contributed by atoms with Crippen molar-refractivity contribution in [2.75, 3.05) is 11.9 Å². The second kappa shape index (κ2) is 8.90. The average molecular weight is 482 g/mol.